The summed E-state index contributed by atoms with van der Waals surface area (Å²) in [6.07, 6.45) is 1.80. The molecule has 5 heteroatoms. The first-order chi connectivity index (χ1) is 9.18. The number of hydrogen-bond acceptors (Lipinski definition) is 3. The first-order valence-corrected chi connectivity index (χ1v) is 6.47. The minimum atomic E-state index is -0.925. The van der Waals surface area contributed by atoms with Gasteiger partial charge in [-0.3, -0.25) is 9.59 Å². The molecule has 1 saturated heterocycles. The summed E-state index contributed by atoms with van der Waals surface area (Å²) in [5, 5.41) is 15.0. The fourth-order valence-corrected chi connectivity index (χ4v) is 2.27. The molecule has 0 bridgehead atoms. The van der Waals surface area contributed by atoms with E-state index >= 15 is 0 Å². The van der Waals surface area contributed by atoms with Crippen molar-refractivity contribution in [3.63, 3.8) is 0 Å². The summed E-state index contributed by atoms with van der Waals surface area (Å²) < 4.78 is 0. The third-order valence-electron chi connectivity index (χ3n) is 3.36. The summed E-state index contributed by atoms with van der Waals surface area (Å²) in [6.45, 7) is 0.968. The van der Waals surface area contributed by atoms with Crippen LogP contribution in [0.2, 0.25) is 0 Å². The number of carboxylic acid groups (broad SMARTS) is 1. The van der Waals surface area contributed by atoms with Crippen LogP contribution in [-0.2, 0) is 9.59 Å². The molecule has 2 unspecified atom stereocenters. The topological polar surface area (TPSA) is 78.4 Å². The van der Waals surface area contributed by atoms with E-state index in [1.807, 2.05) is 6.07 Å². The fraction of sp³-hybridized carbons (Fsp3) is 0.429. The van der Waals surface area contributed by atoms with Crippen molar-refractivity contribution >= 4 is 11.9 Å². The van der Waals surface area contributed by atoms with Gasteiger partial charge in [0.05, 0.1) is 12.0 Å². The van der Waals surface area contributed by atoms with E-state index in [4.69, 9.17) is 0 Å². The number of benzene rings is 1. The van der Waals surface area contributed by atoms with E-state index in [9.17, 15) is 14.7 Å². The highest BCUT2D eigenvalue weighted by Crippen LogP contribution is 2.15. The van der Waals surface area contributed by atoms with Crippen molar-refractivity contribution in [1.82, 2.24) is 10.6 Å². The molecular formula is C14H18N2O3. The average molecular weight is 262 g/mol. The lowest BCUT2D eigenvalue weighted by atomic mass is 9.99. The highest BCUT2D eigenvalue weighted by molar-refractivity contribution is 5.83. The van der Waals surface area contributed by atoms with E-state index in [1.54, 1.807) is 24.3 Å². The Hall–Kier alpha value is -1.88. The van der Waals surface area contributed by atoms with Gasteiger partial charge in [-0.15, -0.1) is 0 Å². The van der Waals surface area contributed by atoms with Crippen molar-refractivity contribution in [2.24, 2.45) is 0 Å². The molecule has 1 amide bonds. The molecule has 1 aromatic carbocycles. The van der Waals surface area contributed by atoms with Crippen LogP contribution in [0.1, 0.15) is 24.3 Å². The Balaban J connectivity index is 1.94. The Morgan fingerprint density at radius 3 is 2.68 bits per heavy atom. The number of hydrogen-bond donors (Lipinski definition) is 3. The number of nitrogens with one attached hydrogen (secondary N) is 2. The normalized spacial score (nSPS) is 19.9. The van der Waals surface area contributed by atoms with Gasteiger partial charge >= 0.3 is 5.97 Å². The number of amides is 1. The lowest BCUT2D eigenvalue weighted by Gasteiger charge is -2.16. The van der Waals surface area contributed by atoms with Gasteiger partial charge in [0, 0.05) is 6.54 Å². The van der Waals surface area contributed by atoms with Gasteiger partial charge in [0.25, 0.3) is 0 Å². The second kappa shape index (κ2) is 6.33. The minimum absolute atomic E-state index is 0.111. The van der Waals surface area contributed by atoms with Crippen molar-refractivity contribution < 1.29 is 14.7 Å². The predicted octanol–water partition coefficient (Wildman–Crippen LogP) is 0.723. The molecule has 2 rings (SSSR count). The molecule has 1 aliphatic rings. The van der Waals surface area contributed by atoms with Crippen LogP contribution < -0.4 is 10.6 Å². The van der Waals surface area contributed by atoms with Gasteiger partial charge in [0.15, 0.2) is 0 Å². The number of aliphatic carboxylic acids is 1. The van der Waals surface area contributed by atoms with Crippen LogP contribution in [0.15, 0.2) is 30.3 Å². The van der Waals surface area contributed by atoms with Crippen LogP contribution in [0.4, 0.5) is 0 Å². The predicted molar refractivity (Wildman–Crippen MR) is 70.9 cm³/mol. The SMILES string of the molecule is O=C(NCC(C(=O)O)c1ccccc1)C1CCCN1. The molecule has 2 atom stereocenters. The summed E-state index contributed by atoms with van der Waals surface area (Å²) >= 11 is 0. The summed E-state index contributed by atoms with van der Waals surface area (Å²) in [6, 6.07) is 8.78. The van der Waals surface area contributed by atoms with Crippen LogP contribution >= 0.6 is 0 Å². The summed E-state index contributed by atoms with van der Waals surface area (Å²) in [4.78, 5) is 23.1. The molecule has 0 saturated carbocycles. The first-order valence-electron chi connectivity index (χ1n) is 6.47. The van der Waals surface area contributed by atoms with Crippen LogP contribution in [-0.4, -0.2) is 36.1 Å². The first kappa shape index (κ1) is 13.5. The zero-order valence-corrected chi connectivity index (χ0v) is 10.6. The maximum absolute atomic E-state index is 11.8. The van der Waals surface area contributed by atoms with Gasteiger partial charge in [0.2, 0.25) is 5.91 Å². The van der Waals surface area contributed by atoms with E-state index in [2.05, 4.69) is 10.6 Å². The average Bonchev–Trinajstić information content (AvgIpc) is 2.93. The van der Waals surface area contributed by atoms with E-state index < -0.39 is 11.9 Å². The maximum atomic E-state index is 11.8. The number of carbonyl (C=O) groups is 2. The third-order valence-corrected chi connectivity index (χ3v) is 3.36. The van der Waals surface area contributed by atoms with Gasteiger partial charge in [-0.1, -0.05) is 30.3 Å². The van der Waals surface area contributed by atoms with Crippen LogP contribution in [0, 0.1) is 0 Å². The lowest BCUT2D eigenvalue weighted by Crippen LogP contribution is -2.42. The fourth-order valence-electron chi connectivity index (χ4n) is 2.27. The number of carboxylic acids is 1. The smallest absolute Gasteiger partial charge is 0.312 e. The largest absolute Gasteiger partial charge is 0.481 e. The molecule has 1 fully saturated rings. The molecule has 1 heterocycles. The number of carbonyl (C=O) groups excluding carboxylic acids is 1. The molecular weight excluding hydrogens is 244 g/mol. The van der Waals surface area contributed by atoms with E-state index in [0.717, 1.165) is 19.4 Å². The summed E-state index contributed by atoms with van der Waals surface area (Å²) in [7, 11) is 0. The molecule has 3 N–H and O–H groups in total. The maximum Gasteiger partial charge on any atom is 0.312 e. The molecule has 0 aliphatic carbocycles. The van der Waals surface area contributed by atoms with Crippen LogP contribution in [0.25, 0.3) is 0 Å². The molecule has 0 aromatic heterocycles. The quantitative estimate of drug-likeness (QED) is 0.730. The monoisotopic (exact) mass is 262 g/mol. The summed E-state index contributed by atoms with van der Waals surface area (Å²) in [5.41, 5.74) is 0.703. The molecule has 1 aliphatic heterocycles. The van der Waals surface area contributed by atoms with Crippen molar-refractivity contribution in [3.8, 4) is 0 Å². The Labute approximate surface area is 112 Å². The Morgan fingerprint density at radius 2 is 2.11 bits per heavy atom. The van der Waals surface area contributed by atoms with Gasteiger partial charge < -0.3 is 15.7 Å². The molecule has 1 aromatic rings. The van der Waals surface area contributed by atoms with E-state index in [0.29, 0.717) is 5.56 Å². The number of rotatable bonds is 5. The third kappa shape index (κ3) is 3.54. The van der Waals surface area contributed by atoms with E-state index in [1.165, 1.54) is 0 Å². The van der Waals surface area contributed by atoms with E-state index in [-0.39, 0.29) is 18.5 Å². The Kier molecular flexibility index (Phi) is 4.52. The van der Waals surface area contributed by atoms with Crippen molar-refractivity contribution in [2.45, 2.75) is 24.8 Å². The molecule has 0 spiro atoms. The Bertz CT molecular complexity index is 441. The summed E-state index contributed by atoms with van der Waals surface area (Å²) in [5.74, 6) is -1.74. The van der Waals surface area contributed by atoms with Gasteiger partial charge in [0.1, 0.15) is 0 Å². The molecule has 0 radical (unpaired) electrons. The zero-order chi connectivity index (χ0) is 13.7. The van der Waals surface area contributed by atoms with Crippen molar-refractivity contribution in [2.75, 3.05) is 13.1 Å². The van der Waals surface area contributed by atoms with Crippen LogP contribution in [0.3, 0.4) is 0 Å². The second-order valence-electron chi connectivity index (χ2n) is 4.70. The second-order valence-corrected chi connectivity index (χ2v) is 4.70. The standard InChI is InChI=1S/C14H18N2O3/c17-13(12-7-4-8-15-12)16-9-11(14(18)19)10-5-2-1-3-6-10/h1-3,5-6,11-12,15H,4,7-9H2,(H,16,17)(H,18,19). The van der Waals surface area contributed by atoms with Crippen LogP contribution in [0.5, 0.6) is 0 Å². The highest BCUT2D eigenvalue weighted by atomic mass is 16.4. The Morgan fingerprint density at radius 1 is 1.37 bits per heavy atom. The van der Waals surface area contributed by atoms with Gasteiger partial charge in [-0.2, -0.15) is 0 Å². The molecule has 102 valence electrons. The van der Waals surface area contributed by atoms with Crippen molar-refractivity contribution in [1.29, 1.82) is 0 Å². The van der Waals surface area contributed by atoms with Gasteiger partial charge in [-0.25, -0.2) is 0 Å². The van der Waals surface area contributed by atoms with Gasteiger partial charge in [-0.05, 0) is 24.9 Å². The van der Waals surface area contributed by atoms with Crippen molar-refractivity contribution in [3.05, 3.63) is 35.9 Å². The lowest BCUT2D eigenvalue weighted by molar-refractivity contribution is -0.138. The molecule has 5 nitrogen and oxygen atoms in total. The molecule has 19 heavy (non-hydrogen) atoms. The highest BCUT2D eigenvalue weighted by Gasteiger charge is 2.25. The zero-order valence-electron chi connectivity index (χ0n) is 10.6. The minimum Gasteiger partial charge on any atom is -0.481 e.